The Hall–Kier alpha value is -1.22. The van der Waals surface area contributed by atoms with E-state index in [2.05, 4.69) is 0 Å². The molecule has 4 fully saturated rings. The van der Waals surface area contributed by atoms with Crippen LogP contribution in [-0.2, 0) is 19.1 Å². The number of carbonyl (C=O) groups excluding carboxylic acids is 2. The van der Waals surface area contributed by atoms with Crippen LogP contribution in [0.1, 0.15) is 26.7 Å². The van der Waals surface area contributed by atoms with E-state index < -0.39 is 58.2 Å². The smallest absolute Gasteiger partial charge is 0.342 e. The lowest BCUT2D eigenvalue weighted by Crippen LogP contribution is -2.82. The van der Waals surface area contributed by atoms with E-state index in [1.54, 1.807) is 6.92 Å². The Labute approximate surface area is 132 Å². The summed E-state index contributed by atoms with van der Waals surface area (Å²) in [7, 11) is 0. The molecule has 2 aliphatic heterocycles. The van der Waals surface area contributed by atoms with Crippen LogP contribution < -0.4 is 0 Å². The first kappa shape index (κ1) is 15.3. The number of aliphatic hydroxyl groups excluding tert-OH is 2. The van der Waals surface area contributed by atoms with Gasteiger partial charge in [-0.1, -0.05) is 6.92 Å². The molecule has 1 spiro atoms. The predicted molar refractivity (Wildman–Crippen MR) is 71.7 cm³/mol. The summed E-state index contributed by atoms with van der Waals surface area (Å²) in [5.74, 6) is -2.40. The SMILES string of the molecule is C[C@@H]1C[C@@H](O)[C@@]2(O)[C@]13C[C@H](OC(=O)[C@H]3O)[C@@]1(O)C(=O)OC[C@@]21C. The van der Waals surface area contributed by atoms with Crippen LogP contribution in [0.4, 0.5) is 0 Å². The van der Waals surface area contributed by atoms with Crippen LogP contribution >= 0.6 is 0 Å². The largest absolute Gasteiger partial charge is 0.463 e. The van der Waals surface area contributed by atoms with Crippen LogP contribution in [0.3, 0.4) is 0 Å². The minimum absolute atomic E-state index is 0.115. The zero-order valence-corrected chi connectivity index (χ0v) is 12.9. The Morgan fingerprint density at radius 1 is 1.22 bits per heavy atom. The molecule has 4 aliphatic rings. The van der Waals surface area contributed by atoms with Crippen LogP contribution in [0, 0.1) is 16.7 Å². The minimum atomic E-state index is -2.26. The summed E-state index contributed by atoms with van der Waals surface area (Å²) in [4.78, 5) is 24.4. The van der Waals surface area contributed by atoms with Gasteiger partial charge in [0.05, 0.1) is 11.5 Å². The van der Waals surface area contributed by atoms with Gasteiger partial charge in [0, 0.05) is 5.41 Å². The Balaban J connectivity index is 2.04. The molecule has 8 atom stereocenters. The van der Waals surface area contributed by atoms with Crippen molar-refractivity contribution in [1.29, 1.82) is 0 Å². The molecule has 4 rings (SSSR count). The predicted octanol–water partition coefficient (Wildman–Crippen LogP) is -1.91. The maximum absolute atomic E-state index is 12.2. The first-order valence-corrected chi connectivity index (χ1v) is 7.76. The molecule has 23 heavy (non-hydrogen) atoms. The topological polar surface area (TPSA) is 134 Å². The molecule has 0 aromatic carbocycles. The van der Waals surface area contributed by atoms with Crippen molar-refractivity contribution in [2.24, 2.45) is 16.7 Å². The molecule has 0 amide bonds. The van der Waals surface area contributed by atoms with Gasteiger partial charge in [-0.05, 0) is 25.7 Å². The normalized spacial score (nSPS) is 60.8. The van der Waals surface area contributed by atoms with Gasteiger partial charge in [0.1, 0.15) is 18.3 Å². The van der Waals surface area contributed by atoms with Crippen molar-refractivity contribution in [2.45, 2.75) is 56.2 Å². The molecule has 0 unspecified atom stereocenters. The van der Waals surface area contributed by atoms with Crippen molar-refractivity contribution in [2.75, 3.05) is 6.61 Å². The molecule has 2 heterocycles. The molecular formula is C15H20O8. The molecule has 0 aromatic heterocycles. The number of aliphatic hydroxyl groups is 4. The van der Waals surface area contributed by atoms with E-state index in [-0.39, 0.29) is 19.4 Å². The van der Waals surface area contributed by atoms with E-state index >= 15 is 0 Å². The highest BCUT2D eigenvalue weighted by molar-refractivity contribution is 5.87. The maximum atomic E-state index is 12.2. The van der Waals surface area contributed by atoms with Gasteiger partial charge in [-0.25, -0.2) is 9.59 Å². The number of esters is 2. The van der Waals surface area contributed by atoms with E-state index in [0.29, 0.717) is 0 Å². The second-order valence-electron chi connectivity index (χ2n) is 7.67. The number of rotatable bonds is 0. The molecule has 0 radical (unpaired) electrons. The van der Waals surface area contributed by atoms with Crippen LogP contribution in [0.5, 0.6) is 0 Å². The van der Waals surface area contributed by atoms with E-state index in [9.17, 15) is 30.0 Å². The molecule has 2 bridgehead atoms. The van der Waals surface area contributed by atoms with E-state index in [1.807, 2.05) is 0 Å². The summed E-state index contributed by atoms with van der Waals surface area (Å²) in [6.45, 7) is 2.84. The molecule has 2 aliphatic carbocycles. The van der Waals surface area contributed by atoms with Gasteiger partial charge in [0.15, 0.2) is 6.10 Å². The van der Waals surface area contributed by atoms with Gasteiger partial charge >= 0.3 is 11.9 Å². The number of fused-ring (bicyclic) bond motifs is 4. The third-order valence-electron chi connectivity index (χ3n) is 7.09. The second kappa shape index (κ2) is 3.88. The Bertz CT molecular complexity index is 621. The first-order valence-electron chi connectivity index (χ1n) is 7.76. The van der Waals surface area contributed by atoms with Crippen molar-refractivity contribution in [3.8, 4) is 0 Å². The first-order chi connectivity index (χ1) is 10.6. The van der Waals surface area contributed by atoms with E-state index in [4.69, 9.17) is 9.47 Å². The molecule has 2 saturated carbocycles. The number of hydrogen-bond donors (Lipinski definition) is 4. The molecular weight excluding hydrogens is 308 g/mol. The Morgan fingerprint density at radius 2 is 1.87 bits per heavy atom. The second-order valence-corrected chi connectivity index (χ2v) is 7.67. The molecule has 2 saturated heterocycles. The van der Waals surface area contributed by atoms with Crippen LogP contribution in [0.2, 0.25) is 0 Å². The maximum Gasteiger partial charge on any atom is 0.342 e. The number of ether oxygens (including phenoxy) is 2. The molecule has 128 valence electrons. The summed E-state index contributed by atoms with van der Waals surface area (Å²) in [6, 6.07) is 0. The van der Waals surface area contributed by atoms with Crippen LogP contribution in [0.25, 0.3) is 0 Å². The summed E-state index contributed by atoms with van der Waals surface area (Å²) in [6.07, 6.45) is -4.17. The van der Waals surface area contributed by atoms with Gasteiger partial charge < -0.3 is 29.9 Å². The third-order valence-corrected chi connectivity index (χ3v) is 7.09. The summed E-state index contributed by atoms with van der Waals surface area (Å²) in [5, 5.41) is 43.7. The number of cyclic esters (lactones) is 1. The van der Waals surface area contributed by atoms with Crippen molar-refractivity contribution in [3.63, 3.8) is 0 Å². The van der Waals surface area contributed by atoms with Crippen molar-refractivity contribution in [3.05, 3.63) is 0 Å². The van der Waals surface area contributed by atoms with Gasteiger partial charge in [-0.15, -0.1) is 0 Å². The lowest BCUT2D eigenvalue weighted by Gasteiger charge is -2.64. The summed E-state index contributed by atoms with van der Waals surface area (Å²) in [5.41, 5.74) is -7.32. The van der Waals surface area contributed by atoms with Gasteiger partial charge in [0.2, 0.25) is 5.60 Å². The standard InChI is InChI=1S/C15H20O8/c1-6-3-7(16)15(21)12(2)5-22-11(19)14(12,20)8-4-13(6,15)9(17)10(18)23-8/h6-9,16-17,20-21H,3-5H2,1-2H3/t6-,7-,8+,9-,12-,13-,14-,15+/m1/s1. The number of carbonyl (C=O) groups is 2. The molecule has 8 heteroatoms. The summed E-state index contributed by atoms with van der Waals surface area (Å²) < 4.78 is 10.1. The highest BCUT2D eigenvalue weighted by Gasteiger charge is 2.87. The average Bonchev–Trinajstić information content (AvgIpc) is 2.85. The van der Waals surface area contributed by atoms with E-state index in [1.165, 1.54) is 6.92 Å². The third kappa shape index (κ3) is 1.18. The van der Waals surface area contributed by atoms with Crippen molar-refractivity contribution in [1.82, 2.24) is 0 Å². The molecule has 4 N–H and O–H groups in total. The monoisotopic (exact) mass is 328 g/mol. The van der Waals surface area contributed by atoms with Gasteiger partial charge in [-0.2, -0.15) is 0 Å². The Morgan fingerprint density at radius 3 is 2.52 bits per heavy atom. The zero-order chi connectivity index (χ0) is 17.0. The lowest BCUT2D eigenvalue weighted by atomic mass is 9.44. The van der Waals surface area contributed by atoms with Crippen LogP contribution in [-0.4, -0.2) is 68.5 Å². The van der Waals surface area contributed by atoms with Crippen LogP contribution in [0.15, 0.2) is 0 Å². The number of hydrogen-bond acceptors (Lipinski definition) is 8. The summed E-state index contributed by atoms with van der Waals surface area (Å²) >= 11 is 0. The lowest BCUT2D eigenvalue weighted by molar-refractivity contribution is -0.333. The van der Waals surface area contributed by atoms with Crippen molar-refractivity contribution >= 4 is 11.9 Å². The minimum Gasteiger partial charge on any atom is -0.463 e. The zero-order valence-electron chi connectivity index (χ0n) is 12.9. The average molecular weight is 328 g/mol. The molecule has 8 nitrogen and oxygen atoms in total. The van der Waals surface area contributed by atoms with Gasteiger partial charge in [0.25, 0.3) is 0 Å². The van der Waals surface area contributed by atoms with Crippen molar-refractivity contribution < 1.29 is 39.5 Å². The van der Waals surface area contributed by atoms with Gasteiger partial charge in [-0.3, -0.25) is 0 Å². The van der Waals surface area contributed by atoms with E-state index in [0.717, 1.165) is 0 Å². The highest BCUT2D eigenvalue weighted by atomic mass is 16.6. The fourth-order valence-corrected chi connectivity index (χ4v) is 5.77. The fraction of sp³-hybridized carbons (Fsp3) is 0.867. The fourth-order valence-electron chi connectivity index (χ4n) is 5.77. The molecule has 0 aromatic rings. The quantitative estimate of drug-likeness (QED) is 0.379. The highest BCUT2D eigenvalue weighted by Crippen LogP contribution is 2.71. The Kier molecular flexibility index (Phi) is 2.58.